The van der Waals surface area contributed by atoms with E-state index in [1.165, 1.54) is 4.90 Å². The van der Waals surface area contributed by atoms with E-state index in [4.69, 9.17) is 4.74 Å². The maximum Gasteiger partial charge on any atom is 0.255 e. The molecular formula is C23H22N4O4. The van der Waals surface area contributed by atoms with Crippen LogP contribution in [0.25, 0.3) is 5.65 Å². The molecule has 3 aromatic rings. The van der Waals surface area contributed by atoms with Gasteiger partial charge in [0, 0.05) is 35.5 Å². The Hall–Kier alpha value is -3.68. The molecule has 2 aromatic heterocycles. The van der Waals surface area contributed by atoms with Gasteiger partial charge in [0.25, 0.3) is 5.91 Å². The zero-order valence-electron chi connectivity index (χ0n) is 17.1. The summed E-state index contributed by atoms with van der Waals surface area (Å²) < 4.78 is 8.06. The molecule has 2 aliphatic rings. The van der Waals surface area contributed by atoms with Crippen LogP contribution in [-0.2, 0) is 29.2 Å². The number of hydrogen-bond acceptors (Lipinski definition) is 5. The van der Waals surface area contributed by atoms with Crippen molar-refractivity contribution in [3.63, 3.8) is 0 Å². The summed E-state index contributed by atoms with van der Waals surface area (Å²) in [6, 6.07) is 8.67. The molecule has 0 saturated carbocycles. The molecule has 31 heavy (non-hydrogen) atoms. The number of hydrogen-bond donors (Lipinski definition) is 1. The third kappa shape index (κ3) is 3.43. The summed E-state index contributed by atoms with van der Waals surface area (Å²) in [4.78, 5) is 42.7. The van der Waals surface area contributed by atoms with Gasteiger partial charge in [-0.15, -0.1) is 0 Å². The Bertz CT molecular complexity index is 1220. The monoisotopic (exact) mass is 418 g/mol. The highest BCUT2D eigenvalue weighted by atomic mass is 16.5. The van der Waals surface area contributed by atoms with Crippen LogP contribution >= 0.6 is 0 Å². The van der Waals surface area contributed by atoms with Gasteiger partial charge in [0.2, 0.25) is 11.8 Å². The normalized spacial score (nSPS) is 18.4. The predicted octanol–water partition coefficient (Wildman–Crippen LogP) is 2.24. The summed E-state index contributed by atoms with van der Waals surface area (Å²) in [5.41, 5.74) is 4.23. The van der Waals surface area contributed by atoms with Gasteiger partial charge in [0.15, 0.2) is 0 Å². The lowest BCUT2D eigenvalue weighted by Crippen LogP contribution is -2.52. The minimum atomic E-state index is -0.637. The number of fused-ring (bicyclic) bond motifs is 2. The van der Waals surface area contributed by atoms with E-state index in [1.807, 2.05) is 35.0 Å². The summed E-state index contributed by atoms with van der Waals surface area (Å²) >= 11 is 0. The van der Waals surface area contributed by atoms with Gasteiger partial charge in [-0.3, -0.25) is 19.7 Å². The lowest BCUT2D eigenvalue weighted by atomic mass is 10.0. The van der Waals surface area contributed by atoms with Crippen LogP contribution in [-0.4, -0.2) is 38.0 Å². The van der Waals surface area contributed by atoms with Crippen molar-refractivity contribution in [2.45, 2.75) is 45.4 Å². The maximum absolute atomic E-state index is 12.9. The quantitative estimate of drug-likeness (QED) is 0.642. The Morgan fingerprint density at radius 1 is 1.16 bits per heavy atom. The minimum Gasteiger partial charge on any atom is -0.488 e. The van der Waals surface area contributed by atoms with Crippen LogP contribution in [0.4, 0.5) is 0 Å². The molecular weight excluding hydrogens is 396 g/mol. The number of imide groups is 1. The van der Waals surface area contributed by atoms with Crippen molar-refractivity contribution in [2.24, 2.45) is 0 Å². The Labute approximate surface area is 178 Å². The van der Waals surface area contributed by atoms with Crippen molar-refractivity contribution in [3.8, 4) is 5.75 Å². The lowest BCUT2D eigenvalue weighted by molar-refractivity contribution is -0.136. The molecule has 1 aromatic carbocycles. The van der Waals surface area contributed by atoms with Crippen LogP contribution in [0.5, 0.6) is 5.75 Å². The number of rotatable bonds is 5. The molecule has 158 valence electrons. The Kier molecular flexibility index (Phi) is 4.69. The molecule has 1 N–H and O–H groups in total. The first-order chi connectivity index (χ1) is 15.0. The molecule has 4 heterocycles. The van der Waals surface area contributed by atoms with Crippen molar-refractivity contribution in [1.82, 2.24) is 19.6 Å². The first-order valence-corrected chi connectivity index (χ1v) is 10.4. The second kappa shape index (κ2) is 7.54. The number of carbonyl (C=O) groups is 3. The molecule has 5 rings (SSSR count). The third-order valence-electron chi connectivity index (χ3n) is 5.86. The first-order valence-electron chi connectivity index (χ1n) is 10.4. The second-order valence-electron chi connectivity index (χ2n) is 7.86. The molecule has 1 fully saturated rings. The first kappa shape index (κ1) is 19.3. The lowest BCUT2D eigenvalue weighted by Gasteiger charge is -2.29. The minimum absolute atomic E-state index is 0.207. The van der Waals surface area contributed by atoms with Crippen LogP contribution in [0.3, 0.4) is 0 Å². The molecule has 0 aliphatic carbocycles. The van der Waals surface area contributed by atoms with Crippen molar-refractivity contribution in [2.75, 3.05) is 0 Å². The number of piperidine rings is 1. The average Bonchev–Trinajstić information content (AvgIpc) is 3.33. The van der Waals surface area contributed by atoms with Crippen molar-refractivity contribution < 1.29 is 19.1 Å². The number of aromatic nitrogens is 2. The predicted molar refractivity (Wildman–Crippen MR) is 111 cm³/mol. The fourth-order valence-electron chi connectivity index (χ4n) is 4.20. The average molecular weight is 418 g/mol. The van der Waals surface area contributed by atoms with E-state index in [0.29, 0.717) is 24.3 Å². The molecule has 2 aliphatic heterocycles. The number of amides is 3. The number of nitrogens with one attached hydrogen (secondary N) is 1. The summed E-state index contributed by atoms with van der Waals surface area (Å²) in [5, 5.41) is 2.32. The summed E-state index contributed by atoms with van der Waals surface area (Å²) in [5.74, 6) is -0.294. The van der Waals surface area contributed by atoms with E-state index in [0.717, 1.165) is 28.9 Å². The Morgan fingerprint density at radius 2 is 2.03 bits per heavy atom. The van der Waals surface area contributed by atoms with Crippen molar-refractivity contribution in [1.29, 1.82) is 0 Å². The van der Waals surface area contributed by atoms with Gasteiger partial charge in [-0.2, -0.15) is 0 Å². The molecule has 3 amide bonds. The molecule has 0 radical (unpaired) electrons. The van der Waals surface area contributed by atoms with Gasteiger partial charge >= 0.3 is 0 Å². The smallest absolute Gasteiger partial charge is 0.255 e. The Balaban J connectivity index is 1.35. The summed E-state index contributed by atoms with van der Waals surface area (Å²) in [7, 11) is 0. The molecule has 0 bridgehead atoms. The molecule has 1 atom stereocenters. The molecule has 1 saturated heterocycles. The third-order valence-corrected chi connectivity index (χ3v) is 5.86. The fraction of sp³-hybridized carbons (Fsp3) is 0.304. The van der Waals surface area contributed by atoms with Gasteiger partial charge < -0.3 is 14.0 Å². The zero-order valence-corrected chi connectivity index (χ0v) is 17.1. The highest BCUT2D eigenvalue weighted by molar-refractivity contribution is 6.05. The number of ether oxygens (including phenoxy) is 1. The molecule has 8 heteroatoms. The van der Waals surface area contributed by atoms with Gasteiger partial charge in [-0.1, -0.05) is 19.1 Å². The SMILES string of the molecule is CCc1cn2cc(COc3cccc4c3CN(C3CCC(=O)NC3=O)C4=O)ccc2n1. The fourth-order valence-corrected chi connectivity index (χ4v) is 4.20. The zero-order chi connectivity index (χ0) is 21.5. The molecule has 1 unspecified atom stereocenters. The summed E-state index contributed by atoms with van der Waals surface area (Å²) in [6.45, 7) is 2.71. The van der Waals surface area contributed by atoms with Crippen molar-refractivity contribution in [3.05, 3.63) is 65.1 Å². The van der Waals surface area contributed by atoms with E-state index in [9.17, 15) is 14.4 Å². The highest BCUT2D eigenvalue weighted by Crippen LogP contribution is 2.33. The van der Waals surface area contributed by atoms with Crippen LogP contribution in [0, 0.1) is 0 Å². The van der Waals surface area contributed by atoms with Gasteiger partial charge in [-0.05, 0) is 31.0 Å². The van der Waals surface area contributed by atoms with Crippen molar-refractivity contribution >= 4 is 23.4 Å². The van der Waals surface area contributed by atoms with Gasteiger partial charge in [0.1, 0.15) is 24.0 Å². The van der Waals surface area contributed by atoms with E-state index >= 15 is 0 Å². The standard InChI is InChI=1S/C23H22N4O4/c1-2-15-11-26-10-14(6-8-20(26)24-15)13-31-19-5-3-4-16-17(19)12-27(23(16)30)18-7-9-21(28)25-22(18)29/h3-6,8,10-11,18H,2,7,9,12-13H2,1H3,(H,25,28,29). The van der Waals surface area contributed by atoms with Gasteiger partial charge in [0.05, 0.1) is 12.2 Å². The number of aryl methyl sites for hydroxylation is 1. The number of pyridine rings is 1. The van der Waals surface area contributed by atoms with Crippen LogP contribution in [0.2, 0.25) is 0 Å². The van der Waals surface area contributed by atoms with Crippen LogP contribution in [0.1, 0.15) is 46.9 Å². The number of benzene rings is 1. The van der Waals surface area contributed by atoms with E-state index in [1.54, 1.807) is 12.1 Å². The second-order valence-corrected chi connectivity index (χ2v) is 7.86. The van der Waals surface area contributed by atoms with Crippen LogP contribution in [0.15, 0.2) is 42.7 Å². The maximum atomic E-state index is 12.9. The number of carbonyl (C=O) groups excluding carboxylic acids is 3. The van der Waals surface area contributed by atoms with E-state index in [-0.39, 0.29) is 24.8 Å². The number of imidazole rings is 1. The van der Waals surface area contributed by atoms with E-state index in [2.05, 4.69) is 17.2 Å². The Morgan fingerprint density at radius 3 is 2.84 bits per heavy atom. The van der Waals surface area contributed by atoms with Crippen LogP contribution < -0.4 is 10.1 Å². The summed E-state index contributed by atoms with van der Waals surface area (Å²) in [6.07, 6.45) is 5.45. The topological polar surface area (TPSA) is 93.0 Å². The largest absolute Gasteiger partial charge is 0.488 e. The molecule has 0 spiro atoms. The van der Waals surface area contributed by atoms with Gasteiger partial charge in [-0.25, -0.2) is 4.98 Å². The number of nitrogens with zero attached hydrogens (tertiary/aromatic N) is 3. The molecule has 8 nitrogen and oxygen atoms in total. The highest BCUT2D eigenvalue weighted by Gasteiger charge is 2.40. The van der Waals surface area contributed by atoms with E-state index < -0.39 is 11.9 Å².